The molecule has 1 aliphatic rings. The number of fused-ring (bicyclic) bond motifs is 1. The summed E-state index contributed by atoms with van der Waals surface area (Å²) >= 11 is 1.34. The average molecular weight is 408 g/mol. The number of nitrogens with zero attached hydrogens (tertiary/aromatic N) is 3. The van der Waals surface area contributed by atoms with Gasteiger partial charge in [0.2, 0.25) is 5.91 Å². The quantitative estimate of drug-likeness (QED) is 0.481. The number of benzene rings is 2. The highest BCUT2D eigenvalue weighted by atomic mass is 32.2. The Morgan fingerprint density at radius 3 is 2.79 bits per heavy atom. The smallest absolute Gasteiger partial charge is 0.266 e. The highest BCUT2D eigenvalue weighted by Gasteiger charge is 2.24. The van der Waals surface area contributed by atoms with Gasteiger partial charge in [0.05, 0.1) is 22.3 Å². The largest absolute Gasteiger partial charge is 0.339 e. The number of hydrogen-bond acceptors (Lipinski definition) is 4. The maximum absolute atomic E-state index is 13.3. The first-order chi connectivity index (χ1) is 14.0. The van der Waals surface area contributed by atoms with Crippen molar-refractivity contribution >= 4 is 28.6 Å². The van der Waals surface area contributed by atoms with Gasteiger partial charge in [0.25, 0.3) is 5.56 Å². The minimum Gasteiger partial charge on any atom is -0.339 e. The Morgan fingerprint density at radius 1 is 1.17 bits per heavy atom. The molecule has 1 aliphatic heterocycles. The zero-order valence-corrected chi connectivity index (χ0v) is 17.6. The normalized spacial score (nSPS) is 16.9. The first-order valence-corrected chi connectivity index (χ1v) is 11.0. The number of likely N-dealkylation sites (tertiary alicyclic amines) is 1. The third-order valence-corrected chi connectivity index (χ3v) is 6.38. The molecule has 1 aromatic heterocycles. The number of carbonyl (C=O) groups excluding carboxylic acids is 1. The third kappa shape index (κ3) is 4.08. The van der Waals surface area contributed by atoms with Gasteiger partial charge in [-0.05, 0) is 62.9 Å². The zero-order chi connectivity index (χ0) is 20.4. The molecule has 1 saturated heterocycles. The van der Waals surface area contributed by atoms with Gasteiger partial charge in [-0.15, -0.1) is 0 Å². The number of rotatable bonds is 4. The van der Waals surface area contributed by atoms with Gasteiger partial charge in [-0.1, -0.05) is 36.0 Å². The van der Waals surface area contributed by atoms with Crippen molar-refractivity contribution in [3.63, 3.8) is 0 Å². The first-order valence-electron chi connectivity index (χ1n) is 10.1. The van der Waals surface area contributed by atoms with E-state index in [1.165, 1.54) is 18.2 Å². The number of carbonyl (C=O) groups is 1. The number of hydrogen-bond donors (Lipinski definition) is 0. The topological polar surface area (TPSA) is 55.2 Å². The molecule has 0 saturated carbocycles. The van der Waals surface area contributed by atoms with Crippen LogP contribution in [-0.4, -0.2) is 38.7 Å². The molecule has 29 heavy (non-hydrogen) atoms. The van der Waals surface area contributed by atoms with Gasteiger partial charge >= 0.3 is 0 Å². The Bertz CT molecular complexity index is 1110. The lowest BCUT2D eigenvalue weighted by Crippen LogP contribution is -2.43. The SMILES string of the molecule is Cc1cccc(-n2c(SCC(=O)N3CCCC[C@@H]3C)nc3ccccc3c2=O)c1. The van der Waals surface area contributed by atoms with E-state index in [4.69, 9.17) is 4.98 Å². The fraction of sp³-hybridized carbons (Fsp3) is 0.348. The van der Waals surface area contributed by atoms with Gasteiger partial charge in [-0.2, -0.15) is 0 Å². The molecular formula is C23H25N3O2S. The lowest BCUT2D eigenvalue weighted by molar-refractivity contribution is -0.131. The summed E-state index contributed by atoms with van der Waals surface area (Å²) in [6, 6.07) is 15.4. The molecule has 5 nitrogen and oxygen atoms in total. The van der Waals surface area contributed by atoms with E-state index in [1.807, 2.05) is 54.3 Å². The monoisotopic (exact) mass is 407 g/mol. The van der Waals surface area contributed by atoms with E-state index in [1.54, 1.807) is 10.6 Å². The standard InChI is InChI=1S/C23H25N3O2S/c1-16-8-7-10-18(14-16)26-22(28)19-11-3-4-12-20(19)24-23(26)29-15-21(27)25-13-6-5-9-17(25)2/h3-4,7-8,10-12,14,17H,5-6,9,13,15H2,1-2H3/t17-/m0/s1. The minimum absolute atomic E-state index is 0.109. The fourth-order valence-electron chi connectivity index (χ4n) is 3.88. The van der Waals surface area contributed by atoms with Gasteiger partial charge in [-0.25, -0.2) is 4.98 Å². The van der Waals surface area contributed by atoms with E-state index in [0.717, 1.165) is 30.6 Å². The van der Waals surface area contributed by atoms with Crippen molar-refractivity contribution in [1.82, 2.24) is 14.5 Å². The Balaban J connectivity index is 1.72. The second-order valence-electron chi connectivity index (χ2n) is 7.61. The van der Waals surface area contributed by atoms with E-state index >= 15 is 0 Å². The van der Waals surface area contributed by atoms with Crippen LogP contribution in [-0.2, 0) is 4.79 Å². The predicted octanol–water partition coefficient (Wildman–Crippen LogP) is 4.19. The number of aryl methyl sites for hydroxylation is 1. The second kappa shape index (κ2) is 8.41. The number of thioether (sulfide) groups is 1. The van der Waals surface area contributed by atoms with Crippen molar-refractivity contribution in [3.05, 3.63) is 64.4 Å². The molecule has 2 heterocycles. The third-order valence-electron chi connectivity index (χ3n) is 5.45. The summed E-state index contributed by atoms with van der Waals surface area (Å²) in [5.74, 6) is 0.390. The average Bonchev–Trinajstić information content (AvgIpc) is 2.72. The molecule has 2 aromatic carbocycles. The molecule has 0 spiro atoms. The van der Waals surface area contributed by atoms with E-state index in [-0.39, 0.29) is 23.3 Å². The fourth-order valence-corrected chi connectivity index (χ4v) is 4.78. The van der Waals surface area contributed by atoms with Crippen LogP contribution >= 0.6 is 11.8 Å². The molecule has 0 radical (unpaired) electrons. The Morgan fingerprint density at radius 2 is 2.00 bits per heavy atom. The van der Waals surface area contributed by atoms with Gasteiger partial charge in [0, 0.05) is 12.6 Å². The summed E-state index contributed by atoms with van der Waals surface area (Å²) in [5, 5.41) is 1.13. The van der Waals surface area contributed by atoms with Crippen LogP contribution in [0.2, 0.25) is 0 Å². The molecule has 1 amide bonds. The Kier molecular flexibility index (Phi) is 5.72. The van der Waals surface area contributed by atoms with E-state index in [2.05, 4.69) is 6.92 Å². The number of aromatic nitrogens is 2. The van der Waals surface area contributed by atoms with Crippen molar-refractivity contribution in [3.8, 4) is 5.69 Å². The predicted molar refractivity (Wildman–Crippen MR) is 118 cm³/mol. The van der Waals surface area contributed by atoms with E-state index in [0.29, 0.717) is 16.1 Å². The van der Waals surface area contributed by atoms with Crippen LogP contribution in [0.25, 0.3) is 16.6 Å². The summed E-state index contributed by atoms with van der Waals surface area (Å²) in [6.07, 6.45) is 3.29. The van der Waals surface area contributed by atoms with Crippen LogP contribution in [0.4, 0.5) is 0 Å². The van der Waals surface area contributed by atoms with Crippen LogP contribution in [0.3, 0.4) is 0 Å². The summed E-state index contributed by atoms with van der Waals surface area (Å²) in [4.78, 5) is 32.8. The van der Waals surface area contributed by atoms with Crippen molar-refractivity contribution in [2.45, 2.75) is 44.3 Å². The maximum atomic E-state index is 13.3. The van der Waals surface area contributed by atoms with Crippen molar-refractivity contribution < 1.29 is 4.79 Å². The van der Waals surface area contributed by atoms with Crippen LogP contribution < -0.4 is 5.56 Å². The van der Waals surface area contributed by atoms with E-state index in [9.17, 15) is 9.59 Å². The summed E-state index contributed by atoms with van der Waals surface area (Å²) in [7, 11) is 0. The number of amides is 1. The summed E-state index contributed by atoms with van der Waals surface area (Å²) in [6.45, 7) is 4.92. The van der Waals surface area contributed by atoms with Crippen LogP contribution in [0, 0.1) is 6.92 Å². The molecule has 0 aliphatic carbocycles. The van der Waals surface area contributed by atoms with Crippen molar-refractivity contribution in [2.75, 3.05) is 12.3 Å². The van der Waals surface area contributed by atoms with Gasteiger partial charge in [0.1, 0.15) is 0 Å². The maximum Gasteiger partial charge on any atom is 0.266 e. The number of para-hydroxylation sites is 1. The van der Waals surface area contributed by atoms with Crippen molar-refractivity contribution in [1.29, 1.82) is 0 Å². The van der Waals surface area contributed by atoms with Gasteiger partial charge in [0.15, 0.2) is 5.16 Å². The van der Waals surface area contributed by atoms with Crippen LogP contribution in [0.5, 0.6) is 0 Å². The summed E-state index contributed by atoms with van der Waals surface area (Å²) in [5.41, 5.74) is 2.39. The minimum atomic E-state index is -0.109. The molecule has 1 fully saturated rings. The lowest BCUT2D eigenvalue weighted by Gasteiger charge is -2.33. The first kappa shape index (κ1) is 19.7. The molecule has 150 valence electrons. The lowest BCUT2D eigenvalue weighted by atomic mass is 10.0. The molecular weight excluding hydrogens is 382 g/mol. The van der Waals surface area contributed by atoms with Gasteiger partial charge < -0.3 is 4.90 Å². The zero-order valence-electron chi connectivity index (χ0n) is 16.8. The van der Waals surface area contributed by atoms with Crippen LogP contribution in [0.1, 0.15) is 31.7 Å². The van der Waals surface area contributed by atoms with Gasteiger partial charge in [-0.3, -0.25) is 14.2 Å². The van der Waals surface area contributed by atoms with Crippen LogP contribution in [0.15, 0.2) is 58.5 Å². The Hall–Kier alpha value is -2.60. The molecule has 3 aromatic rings. The Labute approximate surface area is 174 Å². The van der Waals surface area contributed by atoms with Crippen molar-refractivity contribution in [2.24, 2.45) is 0 Å². The molecule has 0 N–H and O–H groups in total. The summed E-state index contributed by atoms with van der Waals surface area (Å²) < 4.78 is 1.63. The second-order valence-corrected chi connectivity index (χ2v) is 8.55. The highest BCUT2D eigenvalue weighted by molar-refractivity contribution is 7.99. The highest BCUT2D eigenvalue weighted by Crippen LogP contribution is 2.24. The van der Waals surface area contributed by atoms with E-state index < -0.39 is 0 Å². The molecule has 1 atom stereocenters. The molecule has 6 heteroatoms. The molecule has 4 rings (SSSR count). The molecule has 0 bridgehead atoms. The molecule has 0 unspecified atom stereocenters. The number of piperidine rings is 1.